The van der Waals surface area contributed by atoms with Gasteiger partial charge in [0.2, 0.25) is 0 Å². The van der Waals surface area contributed by atoms with Crippen molar-refractivity contribution >= 4 is 5.91 Å². The fourth-order valence-electron chi connectivity index (χ4n) is 3.86. The highest BCUT2D eigenvalue weighted by atomic mass is 16.5. The summed E-state index contributed by atoms with van der Waals surface area (Å²) in [5, 5.41) is 4.08. The van der Waals surface area contributed by atoms with E-state index >= 15 is 0 Å². The van der Waals surface area contributed by atoms with Crippen molar-refractivity contribution in [1.82, 2.24) is 19.5 Å². The second-order valence-electron chi connectivity index (χ2n) is 7.05. The lowest BCUT2D eigenvalue weighted by Crippen LogP contribution is -2.38. The smallest absolute Gasteiger partial charge is 0.270 e. The molecule has 0 radical (unpaired) electrons. The molecule has 0 spiro atoms. The van der Waals surface area contributed by atoms with E-state index < -0.39 is 0 Å². The van der Waals surface area contributed by atoms with E-state index in [0.717, 1.165) is 43.3 Å². The van der Waals surface area contributed by atoms with Crippen LogP contribution in [0.4, 0.5) is 0 Å². The van der Waals surface area contributed by atoms with Gasteiger partial charge in [0.15, 0.2) is 0 Å². The minimum absolute atomic E-state index is 0.0855. The molecule has 4 rings (SSSR count). The summed E-state index contributed by atoms with van der Waals surface area (Å²) in [5.74, 6) is 1.25. The highest BCUT2D eigenvalue weighted by Crippen LogP contribution is 2.25. The van der Waals surface area contributed by atoms with Crippen LogP contribution in [0.1, 0.15) is 21.9 Å². The molecule has 2 fully saturated rings. The maximum atomic E-state index is 12.8. The molecule has 2 aromatic heterocycles. The lowest BCUT2D eigenvalue weighted by molar-refractivity contribution is 0.0499. The molecule has 0 N–H and O–H groups in total. The summed E-state index contributed by atoms with van der Waals surface area (Å²) in [4.78, 5) is 17.1. The number of amides is 1. The minimum Gasteiger partial charge on any atom is -0.375 e. The summed E-state index contributed by atoms with van der Waals surface area (Å²) in [6, 6.07) is 5.75. The second-order valence-corrected chi connectivity index (χ2v) is 7.05. The van der Waals surface area contributed by atoms with Crippen molar-refractivity contribution in [3.8, 4) is 0 Å². The number of carbonyl (C=O) groups excluding carboxylic acids is 1. The fraction of sp³-hybridized carbons (Fsp3) is 0.556. The van der Waals surface area contributed by atoms with Gasteiger partial charge in [0, 0.05) is 58.0 Å². The van der Waals surface area contributed by atoms with Crippen LogP contribution < -0.4 is 0 Å². The molecular formula is C18H24N4O3. The van der Waals surface area contributed by atoms with Gasteiger partial charge in [-0.25, -0.2) is 0 Å². The van der Waals surface area contributed by atoms with Gasteiger partial charge in [0.1, 0.15) is 11.5 Å². The third-order valence-corrected chi connectivity index (χ3v) is 5.12. The minimum atomic E-state index is 0.0855. The Balaban J connectivity index is 1.42. The summed E-state index contributed by atoms with van der Waals surface area (Å²) in [6.45, 7) is 6.44. The van der Waals surface area contributed by atoms with Gasteiger partial charge in [-0.2, -0.15) is 0 Å². The van der Waals surface area contributed by atoms with E-state index in [1.165, 1.54) is 0 Å². The molecule has 0 aromatic carbocycles. The first kappa shape index (κ1) is 16.4. The molecule has 2 atom stereocenters. The van der Waals surface area contributed by atoms with Crippen LogP contribution in [0.15, 0.2) is 28.9 Å². The average molecular weight is 344 g/mol. The van der Waals surface area contributed by atoms with E-state index in [1.54, 1.807) is 0 Å². The normalized spacial score (nSPS) is 24.3. The molecular weight excluding hydrogens is 320 g/mol. The van der Waals surface area contributed by atoms with Crippen molar-refractivity contribution in [1.29, 1.82) is 0 Å². The van der Waals surface area contributed by atoms with Crippen molar-refractivity contribution < 1.29 is 14.1 Å². The van der Waals surface area contributed by atoms with E-state index in [0.29, 0.717) is 19.1 Å². The standard InChI is InChI=1S/C18H24N4O3/c1-13-8-15(19-25-13)11-21-9-14-10-22(6-7-24-17(14)12-21)18(23)16-4-3-5-20(16)2/h3-5,8,14,17H,6-7,9-12H2,1-2H3/t14-,17-/m1/s1. The molecule has 0 saturated carbocycles. The molecule has 4 heterocycles. The van der Waals surface area contributed by atoms with E-state index in [-0.39, 0.29) is 12.0 Å². The number of nitrogens with zero attached hydrogens (tertiary/aromatic N) is 4. The number of aryl methyl sites for hydroxylation is 2. The third-order valence-electron chi connectivity index (χ3n) is 5.12. The molecule has 134 valence electrons. The highest BCUT2D eigenvalue weighted by Gasteiger charge is 2.38. The summed E-state index contributed by atoms with van der Waals surface area (Å²) < 4.78 is 13.1. The van der Waals surface area contributed by atoms with E-state index in [1.807, 2.05) is 47.8 Å². The third kappa shape index (κ3) is 3.34. The largest absolute Gasteiger partial charge is 0.375 e. The van der Waals surface area contributed by atoms with E-state index in [2.05, 4.69) is 10.1 Å². The SMILES string of the molecule is Cc1cc(CN2C[C@@H]3CN(C(=O)c4cccn4C)CCO[C@@H]3C2)no1. The zero-order valence-electron chi connectivity index (χ0n) is 14.7. The van der Waals surface area contributed by atoms with Crippen LogP contribution in [-0.4, -0.2) is 64.3 Å². The van der Waals surface area contributed by atoms with Crippen LogP contribution in [0.3, 0.4) is 0 Å². The maximum Gasteiger partial charge on any atom is 0.270 e. The molecule has 2 saturated heterocycles. The van der Waals surface area contributed by atoms with Crippen molar-refractivity contribution in [3.63, 3.8) is 0 Å². The molecule has 7 nitrogen and oxygen atoms in total. The number of hydrogen-bond donors (Lipinski definition) is 0. The number of rotatable bonds is 3. The zero-order chi connectivity index (χ0) is 17.4. The second kappa shape index (κ2) is 6.65. The van der Waals surface area contributed by atoms with Gasteiger partial charge in [-0.1, -0.05) is 5.16 Å². The van der Waals surface area contributed by atoms with Gasteiger partial charge in [-0.15, -0.1) is 0 Å². The quantitative estimate of drug-likeness (QED) is 0.840. The number of aromatic nitrogens is 2. The first-order valence-electron chi connectivity index (χ1n) is 8.77. The molecule has 2 aromatic rings. The molecule has 0 aliphatic carbocycles. The number of ether oxygens (including phenoxy) is 1. The van der Waals surface area contributed by atoms with Crippen molar-refractivity contribution in [2.75, 3.05) is 32.8 Å². The summed E-state index contributed by atoms with van der Waals surface area (Å²) in [6.07, 6.45) is 2.08. The first-order valence-corrected chi connectivity index (χ1v) is 8.77. The van der Waals surface area contributed by atoms with Gasteiger partial charge < -0.3 is 18.7 Å². The van der Waals surface area contributed by atoms with Crippen LogP contribution in [0, 0.1) is 12.8 Å². The van der Waals surface area contributed by atoms with E-state index in [4.69, 9.17) is 9.26 Å². The highest BCUT2D eigenvalue weighted by molar-refractivity contribution is 5.92. The number of likely N-dealkylation sites (tertiary alicyclic amines) is 1. The van der Waals surface area contributed by atoms with Crippen molar-refractivity contribution in [2.24, 2.45) is 13.0 Å². The number of fused-ring (bicyclic) bond motifs is 1. The van der Waals surface area contributed by atoms with Gasteiger partial charge in [-0.3, -0.25) is 9.69 Å². The zero-order valence-corrected chi connectivity index (χ0v) is 14.7. The Labute approximate surface area is 147 Å². The van der Waals surface area contributed by atoms with Gasteiger partial charge in [0.25, 0.3) is 5.91 Å². The lowest BCUT2D eigenvalue weighted by atomic mass is 10.1. The predicted octanol–water partition coefficient (Wildman–Crippen LogP) is 1.29. The summed E-state index contributed by atoms with van der Waals surface area (Å²) >= 11 is 0. The van der Waals surface area contributed by atoms with Crippen LogP contribution >= 0.6 is 0 Å². The maximum absolute atomic E-state index is 12.8. The van der Waals surface area contributed by atoms with Crippen LogP contribution in [-0.2, 0) is 18.3 Å². The number of carbonyl (C=O) groups is 1. The van der Waals surface area contributed by atoms with Gasteiger partial charge >= 0.3 is 0 Å². The Kier molecular flexibility index (Phi) is 4.35. The molecule has 7 heteroatoms. The van der Waals surface area contributed by atoms with Crippen molar-refractivity contribution in [2.45, 2.75) is 19.6 Å². The van der Waals surface area contributed by atoms with E-state index in [9.17, 15) is 4.79 Å². The average Bonchev–Trinajstić information content (AvgIpc) is 3.25. The monoisotopic (exact) mass is 344 g/mol. The fourth-order valence-corrected chi connectivity index (χ4v) is 3.86. The Bertz CT molecular complexity index is 753. The molecule has 1 amide bonds. The molecule has 0 unspecified atom stereocenters. The molecule has 25 heavy (non-hydrogen) atoms. The Hall–Kier alpha value is -2.12. The van der Waals surface area contributed by atoms with Crippen LogP contribution in [0.2, 0.25) is 0 Å². The van der Waals surface area contributed by atoms with Gasteiger partial charge in [0.05, 0.1) is 18.4 Å². The Morgan fingerprint density at radius 3 is 2.96 bits per heavy atom. The molecule has 2 aliphatic rings. The summed E-state index contributed by atoms with van der Waals surface area (Å²) in [7, 11) is 1.90. The van der Waals surface area contributed by atoms with Crippen LogP contribution in [0.5, 0.6) is 0 Å². The summed E-state index contributed by atoms with van der Waals surface area (Å²) in [5.41, 5.74) is 1.68. The molecule has 2 aliphatic heterocycles. The topological polar surface area (TPSA) is 63.7 Å². The van der Waals surface area contributed by atoms with Gasteiger partial charge in [-0.05, 0) is 19.1 Å². The van der Waals surface area contributed by atoms with Crippen molar-refractivity contribution in [3.05, 3.63) is 41.5 Å². The Morgan fingerprint density at radius 1 is 1.36 bits per heavy atom. The predicted molar refractivity (Wildman–Crippen MR) is 91.1 cm³/mol. The number of hydrogen-bond acceptors (Lipinski definition) is 5. The molecule has 0 bridgehead atoms. The Morgan fingerprint density at radius 2 is 2.24 bits per heavy atom. The lowest BCUT2D eigenvalue weighted by Gasteiger charge is -2.23. The van der Waals surface area contributed by atoms with Crippen LogP contribution in [0.25, 0.3) is 0 Å². The first-order chi connectivity index (χ1) is 12.1.